The summed E-state index contributed by atoms with van der Waals surface area (Å²) in [5, 5.41) is 3.00. The molecule has 3 rings (SSSR count). The Bertz CT molecular complexity index is 709. The van der Waals surface area contributed by atoms with Crippen molar-refractivity contribution in [2.24, 2.45) is 5.92 Å². The largest absolute Gasteiger partial charge is 0.494 e. The number of ether oxygens (including phenoxy) is 1. The van der Waals surface area contributed by atoms with Crippen LogP contribution in [0.25, 0.3) is 0 Å². The molecule has 1 aliphatic rings. The van der Waals surface area contributed by atoms with E-state index in [1.165, 1.54) is 18.4 Å². The van der Waals surface area contributed by atoms with Crippen molar-refractivity contribution in [3.8, 4) is 5.75 Å². The molecule has 0 radical (unpaired) electrons. The van der Waals surface area contributed by atoms with Crippen LogP contribution in [0.1, 0.15) is 31.7 Å². The third-order valence-electron chi connectivity index (χ3n) is 5.08. The number of nitrogens with zero attached hydrogens (tertiary/aromatic N) is 1. The Morgan fingerprint density at radius 1 is 1.11 bits per heavy atom. The van der Waals surface area contributed by atoms with E-state index in [2.05, 4.69) is 41.4 Å². The number of aryl methyl sites for hydroxylation is 1. The summed E-state index contributed by atoms with van der Waals surface area (Å²) < 4.78 is 5.85. The van der Waals surface area contributed by atoms with Crippen LogP contribution in [0.5, 0.6) is 5.75 Å². The average Bonchev–Trinajstić information content (AvgIpc) is 2.68. The summed E-state index contributed by atoms with van der Waals surface area (Å²) in [5.74, 6) is 1.62. The molecule has 0 saturated carbocycles. The SMILES string of the molecule is CC1CCN(CC(=O)Nc2cccc(OCCCc3ccccc3)c2)CC1. The second-order valence-electron chi connectivity index (χ2n) is 7.47. The molecule has 1 saturated heterocycles. The summed E-state index contributed by atoms with van der Waals surface area (Å²) in [4.78, 5) is 14.5. The maximum Gasteiger partial charge on any atom is 0.238 e. The van der Waals surface area contributed by atoms with Crippen molar-refractivity contribution in [2.45, 2.75) is 32.6 Å². The molecule has 0 unspecified atom stereocenters. The predicted molar refractivity (Wildman–Crippen MR) is 110 cm³/mol. The van der Waals surface area contributed by atoms with Crippen LogP contribution >= 0.6 is 0 Å². The molecule has 0 aromatic heterocycles. The fraction of sp³-hybridized carbons (Fsp3) is 0.435. The molecule has 4 nitrogen and oxygen atoms in total. The van der Waals surface area contributed by atoms with Gasteiger partial charge in [-0.1, -0.05) is 43.3 Å². The number of benzene rings is 2. The third kappa shape index (κ3) is 6.72. The summed E-state index contributed by atoms with van der Waals surface area (Å²) in [6.45, 7) is 5.44. The molecule has 0 spiro atoms. The molecule has 0 bridgehead atoms. The van der Waals surface area contributed by atoms with E-state index >= 15 is 0 Å². The van der Waals surface area contributed by atoms with E-state index in [4.69, 9.17) is 4.74 Å². The minimum absolute atomic E-state index is 0.0470. The van der Waals surface area contributed by atoms with E-state index in [1.807, 2.05) is 30.3 Å². The molecule has 1 N–H and O–H groups in total. The van der Waals surface area contributed by atoms with Gasteiger partial charge >= 0.3 is 0 Å². The molecule has 1 aliphatic heterocycles. The number of rotatable bonds is 8. The fourth-order valence-corrected chi connectivity index (χ4v) is 3.40. The lowest BCUT2D eigenvalue weighted by Gasteiger charge is -2.29. The third-order valence-corrected chi connectivity index (χ3v) is 5.08. The Morgan fingerprint density at radius 3 is 2.67 bits per heavy atom. The van der Waals surface area contributed by atoms with Crippen LogP contribution in [-0.4, -0.2) is 37.0 Å². The zero-order valence-electron chi connectivity index (χ0n) is 16.2. The molecular formula is C23H30N2O2. The molecule has 1 amide bonds. The number of anilines is 1. The van der Waals surface area contributed by atoms with Crippen molar-refractivity contribution in [3.05, 3.63) is 60.2 Å². The van der Waals surface area contributed by atoms with Crippen LogP contribution in [0.4, 0.5) is 5.69 Å². The van der Waals surface area contributed by atoms with Crippen molar-refractivity contribution in [1.82, 2.24) is 4.90 Å². The quantitative estimate of drug-likeness (QED) is 0.706. The minimum Gasteiger partial charge on any atom is -0.494 e. The number of carbonyl (C=O) groups excluding carboxylic acids is 1. The number of piperidine rings is 1. The predicted octanol–water partition coefficient (Wildman–Crippen LogP) is 4.37. The van der Waals surface area contributed by atoms with Crippen LogP contribution in [-0.2, 0) is 11.2 Å². The van der Waals surface area contributed by atoms with Crippen LogP contribution in [0.2, 0.25) is 0 Å². The van der Waals surface area contributed by atoms with Gasteiger partial charge in [-0.3, -0.25) is 9.69 Å². The van der Waals surface area contributed by atoms with Gasteiger partial charge in [-0.25, -0.2) is 0 Å². The van der Waals surface area contributed by atoms with Crippen LogP contribution in [0.15, 0.2) is 54.6 Å². The monoisotopic (exact) mass is 366 g/mol. The summed E-state index contributed by atoms with van der Waals surface area (Å²) in [6, 6.07) is 18.1. The molecular weight excluding hydrogens is 336 g/mol. The van der Waals surface area contributed by atoms with Crippen molar-refractivity contribution in [2.75, 3.05) is 31.6 Å². The van der Waals surface area contributed by atoms with Gasteiger partial charge < -0.3 is 10.1 Å². The van der Waals surface area contributed by atoms with Gasteiger partial charge in [0.1, 0.15) is 5.75 Å². The number of hydrogen-bond acceptors (Lipinski definition) is 3. The first kappa shape index (κ1) is 19.4. The van der Waals surface area contributed by atoms with E-state index in [9.17, 15) is 4.79 Å². The highest BCUT2D eigenvalue weighted by atomic mass is 16.5. The van der Waals surface area contributed by atoms with Gasteiger partial charge in [0.15, 0.2) is 0 Å². The lowest BCUT2D eigenvalue weighted by atomic mass is 9.99. The number of amides is 1. The van der Waals surface area contributed by atoms with Gasteiger partial charge in [0.2, 0.25) is 5.91 Å². The minimum atomic E-state index is 0.0470. The van der Waals surface area contributed by atoms with Gasteiger partial charge in [-0.15, -0.1) is 0 Å². The Hall–Kier alpha value is -2.33. The summed E-state index contributed by atoms with van der Waals surface area (Å²) >= 11 is 0. The maximum atomic E-state index is 12.3. The van der Waals surface area contributed by atoms with Gasteiger partial charge in [0, 0.05) is 11.8 Å². The smallest absolute Gasteiger partial charge is 0.238 e. The highest BCUT2D eigenvalue weighted by Gasteiger charge is 2.17. The van der Waals surface area contributed by atoms with Crippen molar-refractivity contribution < 1.29 is 9.53 Å². The average molecular weight is 367 g/mol. The highest BCUT2D eigenvalue weighted by molar-refractivity contribution is 5.92. The lowest BCUT2D eigenvalue weighted by molar-refractivity contribution is -0.117. The van der Waals surface area contributed by atoms with Crippen molar-refractivity contribution in [1.29, 1.82) is 0 Å². The van der Waals surface area contributed by atoms with E-state index in [0.717, 1.165) is 43.3 Å². The standard InChI is InChI=1S/C23H30N2O2/c1-19-12-14-25(15-13-19)18-23(26)24-21-10-5-11-22(17-21)27-16-6-9-20-7-3-2-4-8-20/h2-5,7-8,10-11,17,19H,6,9,12-16,18H2,1H3,(H,24,26). The molecule has 27 heavy (non-hydrogen) atoms. The summed E-state index contributed by atoms with van der Waals surface area (Å²) in [5.41, 5.74) is 2.13. The summed E-state index contributed by atoms with van der Waals surface area (Å²) in [7, 11) is 0. The molecule has 1 fully saturated rings. The zero-order chi connectivity index (χ0) is 18.9. The number of likely N-dealkylation sites (tertiary alicyclic amines) is 1. The fourth-order valence-electron chi connectivity index (χ4n) is 3.40. The Balaban J connectivity index is 1.40. The van der Waals surface area contributed by atoms with E-state index in [1.54, 1.807) is 0 Å². The second-order valence-corrected chi connectivity index (χ2v) is 7.47. The number of nitrogens with one attached hydrogen (secondary N) is 1. The van der Waals surface area contributed by atoms with Crippen LogP contribution in [0.3, 0.4) is 0 Å². The number of carbonyl (C=O) groups is 1. The van der Waals surface area contributed by atoms with E-state index < -0.39 is 0 Å². The summed E-state index contributed by atoms with van der Waals surface area (Å²) in [6.07, 6.45) is 4.33. The highest BCUT2D eigenvalue weighted by Crippen LogP contribution is 2.19. The van der Waals surface area contributed by atoms with Gasteiger partial charge in [0.05, 0.1) is 13.2 Å². The Kier molecular flexibility index (Phi) is 7.28. The molecule has 0 aliphatic carbocycles. The molecule has 2 aromatic carbocycles. The molecule has 0 atom stereocenters. The van der Waals surface area contributed by atoms with Crippen molar-refractivity contribution in [3.63, 3.8) is 0 Å². The Labute approximate surface area is 162 Å². The first-order chi connectivity index (χ1) is 13.2. The molecule has 2 aromatic rings. The zero-order valence-corrected chi connectivity index (χ0v) is 16.2. The van der Waals surface area contributed by atoms with Gasteiger partial charge in [-0.05, 0) is 62.4 Å². The van der Waals surface area contributed by atoms with Gasteiger partial charge in [-0.2, -0.15) is 0 Å². The van der Waals surface area contributed by atoms with Gasteiger partial charge in [0.25, 0.3) is 0 Å². The van der Waals surface area contributed by atoms with Crippen LogP contribution < -0.4 is 10.1 Å². The second kappa shape index (κ2) is 10.1. The maximum absolute atomic E-state index is 12.3. The topological polar surface area (TPSA) is 41.6 Å². The normalized spacial score (nSPS) is 15.4. The van der Waals surface area contributed by atoms with E-state index in [0.29, 0.717) is 13.2 Å². The molecule has 144 valence electrons. The van der Waals surface area contributed by atoms with E-state index in [-0.39, 0.29) is 5.91 Å². The number of hydrogen-bond donors (Lipinski definition) is 1. The van der Waals surface area contributed by atoms with Crippen LogP contribution in [0, 0.1) is 5.92 Å². The first-order valence-electron chi connectivity index (χ1n) is 9.98. The molecule has 1 heterocycles. The first-order valence-corrected chi connectivity index (χ1v) is 9.98. The Morgan fingerprint density at radius 2 is 1.89 bits per heavy atom. The van der Waals surface area contributed by atoms with Crippen molar-refractivity contribution >= 4 is 11.6 Å². The lowest BCUT2D eigenvalue weighted by Crippen LogP contribution is -2.38. The molecule has 4 heteroatoms.